The molecule has 0 fully saturated rings. The Labute approximate surface area is 112 Å². The summed E-state index contributed by atoms with van der Waals surface area (Å²) in [5.41, 5.74) is 1.95. The molecule has 0 saturated heterocycles. The summed E-state index contributed by atoms with van der Waals surface area (Å²) in [6.45, 7) is 0. The number of ether oxygens (including phenoxy) is 1. The van der Waals surface area contributed by atoms with Crippen LogP contribution in [0.4, 0.5) is 11.5 Å². The predicted molar refractivity (Wildman–Crippen MR) is 77.8 cm³/mol. The molecule has 5 heteroatoms. The number of nitrogens with zero attached hydrogens (tertiary/aromatic N) is 3. The minimum atomic E-state index is 0.507. The number of hydrogen-bond donors (Lipinski definition) is 1. The van der Waals surface area contributed by atoms with Gasteiger partial charge in [0.25, 0.3) is 5.88 Å². The molecule has 0 atom stereocenters. The van der Waals surface area contributed by atoms with E-state index in [0.717, 1.165) is 17.9 Å². The van der Waals surface area contributed by atoms with Gasteiger partial charge in [0.15, 0.2) is 11.5 Å². The third-order valence-corrected chi connectivity index (χ3v) is 2.72. The molecular formula is C14H18N4O. The summed E-state index contributed by atoms with van der Waals surface area (Å²) >= 11 is 0. The standard InChI is InChI=1S/C14H18N4O/c1-18(2)13-12(14(19-3)17-16-13)15-10-9-11-7-5-4-6-8-11/h4-8,10H,9H2,1-3H3,(H,16,17). The van der Waals surface area contributed by atoms with Crippen LogP contribution in [0.2, 0.25) is 0 Å². The van der Waals surface area contributed by atoms with Crippen molar-refractivity contribution in [3.63, 3.8) is 0 Å². The molecule has 0 aliphatic carbocycles. The molecule has 2 aromatic rings. The first-order chi connectivity index (χ1) is 9.22. The number of anilines is 1. The first kappa shape index (κ1) is 13.1. The highest BCUT2D eigenvalue weighted by molar-refractivity contribution is 5.75. The minimum Gasteiger partial charge on any atom is -0.478 e. The van der Waals surface area contributed by atoms with Crippen LogP contribution in [-0.2, 0) is 6.42 Å². The second-order valence-corrected chi connectivity index (χ2v) is 4.33. The van der Waals surface area contributed by atoms with E-state index in [4.69, 9.17) is 4.74 Å². The Morgan fingerprint density at radius 3 is 2.68 bits per heavy atom. The van der Waals surface area contributed by atoms with Crippen molar-refractivity contribution in [1.29, 1.82) is 0 Å². The van der Waals surface area contributed by atoms with Crippen LogP contribution in [0.1, 0.15) is 5.56 Å². The van der Waals surface area contributed by atoms with E-state index in [1.807, 2.05) is 43.4 Å². The highest BCUT2D eigenvalue weighted by atomic mass is 16.5. The first-order valence-electron chi connectivity index (χ1n) is 6.08. The van der Waals surface area contributed by atoms with Gasteiger partial charge in [-0.25, -0.2) is 0 Å². The van der Waals surface area contributed by atoms with E-state index in [1.54, 1.807) is 7.11 Å². The van der Waals surface area contributed by atoms with Crippen molar-refractivity contribution in [1.82, 2.24) is 10.2 Å². The quantitative estimate of drug-likeness (QED) is 0.838. The molecule has 0 saturated carbocycles. The molecule has 2 rings (SSSR count). The fourth-order valence-corrected chi connectivity index (χ4v) is 1.74. The lowest BCUT2D eigenvalue weighted by molar-refractivity contribution is 0.398. The molecule has 1 heterocycles. The summed E-state index contributed by atoms with van der Waals surface area (Å²) in [5, 5.41) is 6.99. The molecule has 0 bridgehead atoms. The zero-order valence-electron chi connectivity index (χ0n) is 11.4. The van der Waals surface area contributed by atoms with Crippen molar-refractivity contribution < 1.29 is 4.74 Å². The molecular weight excluding hydrogens is 240 g/mol. The molecule has 0 spiro atoms. The number of benzene rings is 1. The molecule has 0 unspecified atom stereocenters. The Balaban J connectivity index is 2.16. The predicted octanol–water partition coefficient (Wildman–Crippen LogP) is 2.43. The van der Waals surface area contributed by atoms with Gasteiger partial charge in [0, 0.05) is 26.7 Å². The average molecular weight is 258 g/mol. The number of rotatable bonds is 5. The van der Waals surface area contributed by atoms with E-state index in [1.165, 1.54) is 5.56 Å². The Morgan fingerprint density at radius 2 is 2.05 bits per heavy atom. The largest absolute Gasteiger partial charge is 0.478 e. The second-order valence-electron chi connectivity index (χ2n) is 4.33. The summed E-state index contributed by atoms with van der Waals surface area (Å²) in [6.07, 6.45) is 2.65. The maximum atomic E-state index is 5.20. The van der Waals surface area contributed by atoms with Crippen LogP contribution in [0.15, 0.2) is 35.3 Å². The molecule has 19 heavy (non-hydrogen) atoms. The van der Waals surface area contributed by atoms with Gasteiger partial charge >= 0.3 is 0 Å². The second kappa shape index (κ2) is 6.04. The number of aliphatic imine (C=N–C) groups is 1. The van der Waals surface area contributed by atoms with Gasteiger partial charge in [-0.2, -0.15) is 0 Å². The normalized spacial score (nSPS) is 10.9. The Morgan fingerprint density at radius 1 is 1.32 bits per heavy atom. The SMILES string of the molecule is COc1n[nH]c(N(C)C)c1N=CCc1ccccc1. The molecule has 1 aromatic heterocycles. The van der Waals surface area contributed by atoms with E-state index in [0.29, 0.717) is 5.88 Å². The lowest BCUT2D eigenvalue weighted by Gasteiger charge is -2.09. The van der Waals surface area contributed by atoms with Crippen molar-refractivity contribution >= 4 is 17.7 Å². The van der Waals surface area contributed by atoms with E-state index in [-0.39, 0.29) is 0 Å². The Kier molecular flexibility index (Phi) is 4.18. The van der Waals surface area contributed by atoms with E-state index < -0.39 is 0 Å². The third-order valence-electron chi connectivity index (χ3n) is 2.72. The molecule has 0 aliphatic heterocycles. The van der Waals surface area contributed by atoms with Crippen molar-refractivity contribution in [2.45, 2.75) is 6.42 Å². The topological polar surface area (TPSA) is 53.5 Å². The van der Waals surface area contributed by atoms with Crippen molar-refractivity contribution in [2.75, 3.05) is 26.1 Å². The summed E-state index contributed by atoms with van der Waals surface area (Å²) in [5.74, 6) is 1.34. The minimum absolute atomic E-state index is 0.507. The van der Waals surface area contributed by atoms with E-state index in [2.05, 4.69) is 27.3 Å². The fourth-order valence-electron chi connectivity index (χ4n) is 1.74. The van der Waals surface area contributed by atoms with Crippen LogP contribution in [0.25, 0.3) is 0 Å². The van der Waals surface area contributed by atoms with Crippen LogP contribution in [0.5, 0.6) is 5.88 Å². The third kappa shape index (κ3) is 3.13. The lowest BCUT2D eigenvalue weighted by atomic mass is 10.2. The van der Waals surface area contributed by atoms with Crippen LogP contribution in [0, 0.1) is 0 Å². The van der Waals surface area contributed by atoms with Gasteiger partial charge < -0.3 is 9.64 Å². The number of methoxy groups -OCH3 is 1. The highest BCUT2D eigenvalue weighted by Crippen LogP contribution is 2.33. The summed E-state index contributed by atoms with van der Waals surface area (Å²) in [4.78, 5) is 6.39. The zero-order chi connectivity index (χ0) is 13.7. The van der Waals surface area contributed by atoms with Gasteiger partial charge in [-0.3, -0.25) is 10.1 Å². The first-order valence-corrected chi connectivity index (χ1v) is 6.08. The number of nitrogens with one attached hydrogen (secondary N) is 1. The highest BCUT2D eigenvalue weighted by Gasteiger charge is 2.13. The van der Waals surface area contributed by atoms with Crippen molar-refractivity contribution in [3.8, 4) is 5.88 Å². The number of hydrogen-bond acceptors (Lipinski definition) is 4. The van der Waals surface area contributed by atoms with E-state index in [9.17, 15) is 0 Å². The van der Waals surface area contributed by atoms with Gasteiger partial charge in [0.05, 0.1) is 7.11 Å². The van der Waals surface area contributed by atoms with Crippen molar-refractivity contribution in [3.05, 3.63) is 35.9 Å². The Hall–Kier alpha value is -2.30. The summed E-state index contributed by atoms with van der Waals surface area (Å²) in [7, 11) is 5.46. The van der Waals surface area contributed by atoms with Gasteiger partial charge in [0.2, 0.25) is 0 Å². The molecule has 1 N–H and O–H groups in total. The van der Waals surface area contributed by atoms with E-state index >= 15 is 0 Å². The van der Waals surface area contributed by atoms with Crippen LogP contribution < -0.4 is 9.64 Å². The molecule has 5 nitrogen and oxygen atoms in total. The fraction of sp³-hybridized carbons (Fsp3) is 0.286. The summed E-state index contributed by atoms with van der Waals surface area (Å²) in [6, 6.07) is 10.2. The van der Waals surface area contributed by atoms with Crippen LogP contribution in [-0.4, -0.2) is 37.6 Å². The van der Waals surface area contributed by atoms with Crippen LogP contribution >= 0.6 is 0 Å². The average Bonchev–Trinajstić information content (AvgIpc) is 2.83. The monoisotopic (exact) mass is 258 g/mol. The molecule has 100 valence electrons. The van der Waals surface area contributed by atoms with Gasteiger partial charge in [0.1, 0.15) is 0 Å². The zero-order valence-corrected chi connectivity index (χ0v) is 11.4. The van der Waals surface area contributed by atoms with Crippen molar-refractivity contribution in [2.24, 2.45) is 4.99 Å². The van der Waals surface area contributed by atoms with Crippen LogP contribution in [0.3, 0.4) is 0 Å². The maximum Gasteiger partial charge on any atom is 0.260 e. The number of aromatic nitrogens is 2. The molecule has 0 radical (unpaired) electrons. The van der Waals surface area contributed by atoms with Gasteiger partial charge in [-0.15, -0.1) is 5.10 Å². The number of aromatic amines is 1. The molecule has 1 aromatic carbocycles. The lowest BCUT2D eigenvalue weighted by Crippen LogP contribution is -2.09. The summed E-state index contributed by atoms with van der Waals surface area (Å²) < 4.78 is 5.20. The molecule has 0 aliphatic rings. The number of H-pyrrole nitrogens is 1. The Bertz CT molecular complexity index is 546. The van der Waals surface area contributed by atoms with Gasteiger partial charge in [-0.1, -0.05) is 30.3 Å². The smallest absolute Gasteiger partial charge is 0.260 e. The molecule has 0 amide bonds. The maximum absolute atomic E-state index is 5.20. The van der Waals surface area contributed by atoms with Gasteiger partial charge in [-0.05, 0) is 5.56 Å².